The third kappa shape index (κ3) is 21.5. The molecule has 0 bridgehead atoms. The largest absolute Gasteiger partial charge is 0.481 e. The lowest BCUT2D eigenvalue weighted by atomic mass is 10.0. The highest BCUT2D eigenvalue weighted by Gasteiger charge is 2.14. The van der Waals surface area contributed by atoms with Crippen molar-refractivity contribution in [1.82, 2.24) is 0 Å². The number of aliphatic carboxylic acids is 1. The number of esters is 1. The Morgan fingerprint density at radius 1 is 0.621 bits per heavy atom. The molecule has 0 aliphatic rings. The van der Waals surface area contributed by atoms with Crippen molar-refractivity contribution in [1.29, 1.82) is 0 Å². The van der Waals surface area contributed by atoms with Gasteiger partial charge in [0.05, 0.1) is 0 Å². The van der Waals surface area contributed by atoms with Crippen LogP contribution in [-0.4, -0.2) is 23.1 Å². The molecule has 0 aromatic rings. The maximum atomic E-state index is 12.2. The lowest BCUT2D eigenvalue weighted by Gasteiger charge is -2.18. The number of hydrogen-bond acceptors (Lipinski definition) is 3. The Morgan fingerprint density at radius 3 is 1.52 bits per heavy atom. The van der Waals surface area contributed by atoms with Gasteiger partial charge in [-0.3, -0.25) is 9.59 Å². The minimum atomic E-state index is -0.703. The molecule has 0 spiro atoms. The second-order valence-corrected chi connectivity index (χ2v) is 8.53. The van der Waals surface area contributed by atoms with Gasteiger partial charge in [-0.15, -0.1) is 0 Å². The first-order valence-corrected chi connectivity index (χ1v) is 12.5. The number of carboxylic acids is 1. The highest BCUT2D eigenvalue weighted by atomic mass is 16.5. The molecule has 1 atom stereocenters. The first kappa shape index (κ1) is 27.9. The summed E-state index contributed by atoms with van der Waals surface area (Å²) >= 11 is 0. The van der Waals surface area contributed by atoms with Gasteiger partial charge in [0.2, 0.25) is 0 Å². The van der Waals surface area contributed by atoms with Gasteiger partial charge in [-0.2, -0.15) is 0 Å². The Bertz CT molecular complexity index is 381. The molecule has 4 heteroatoms. The molecule has 0 aromatic carbocycles. The fourth-order valence-electron chi connectivity index (χ4n) is 3.71. The summed E-state index contributed by atoms with van der Waals surface area (Å²) in [6, 6.07) is 0. The van der Waals surface area contributed by atoms with Crippen LogP contribution in [0.25, 0.3) is 0 Å². The van der Waals surface area contributed by atoms with Crippen molar-refractivity contribution in [3.05, 3.63) is 0 Å². The van der Waals surface area contributed by atoms with E-state index in [1.807, 2.05) is 0 Å². The molecule has 0 radical (unpaired) electrons. The first-order chi connectivity index (χ1) is 14.1. The molecule has 0 heterocycles. The number of carbonyl (C=O) groups excluding carboxylic acids is 1. The predicted molar refractivity (Wildman–Crippen MR) is 121 cm³/mol. The summed E-state index contributed by atoms with van der Waals surface area (Å²) in [5.41, 5.74) is 0. The molecule has 0 amide bonds. The van der Waals surface area contributed by atoms with E-state index in [0.29, 0.717) is 6.42 Å². The van der Waals surface area contributed by atoms with Crippen LogP contribution in [0.1, 0.15) is 142 Å². The molecule has 0 aromatic heterocycles. The summed E-state index contributed by atoms with van der Waals surface area (Å²) in [5.74, 6) is -0.718. The minimum Gasteiger partial charge on any atom is -0.481 e. The molecule has 0 aliphatic carbocycles. The summed E-state index contributed by atoms with van der Waals surface area (Å²) in [6.45, 7) is 4.44. The summed E-state index contributed by atoms with van der Waals surface area (Å²) < 4.78 is 5.83. The summed E-state index contributed by atoms with van der Waals surface area (Å²) in [6.07, 6.45) is 21.2. The molecule has 4 nitrogen and oxygen atoms in total. The predicted octanol–water partition coefficient (Wildman–Crippen LogP) is 7.82. The monoisotopic (exact) mass is 412 g/mol. The molecule has 0 aliphatic heterocycles. The van der Waals surface area contributed by atoms with Crippen molar-refractivity contribution < 1.29 is 19.4 Å². The molecular weight excluding hydrogens is 364 g/mol. The SMILES string of the molecule is CCCCCCCCC(CCCCCCCC(=O)O)OC(=O)CCCCCCC. The summed E-state index contributed by atoms with van der Waals surface area (Å²) in [5, 5.41) is 8.68. The maximum absolute atomic E-state index is 12.2. The average molecular weight is 413 g/mol. The van der Waals surface area contributed by atoms with E-state index in [2.05, 4.69) is 13.8 Å². The van der Waals surface area contributed by atoms with Crippen LogP contribution in [0.5, 0.6) is 0 Å². The van der Waals surface area contributed by atoms with E-state index < -0.39 is 5.97 Å². The number of rotatable bonds is 22. The Kier molecular flexibility index (Phi) is 20.9. The van der Waals surface area contributed by atoms with Crippen LogP contribution in [0, 0.1) is 0 Å². The standard InChI is InChI=1S/C25H48O4/c1-3-5-7-9-12-15-19-23(20-16-13-10-14-17-21-24(26)27)29-25(28)22-18-11-8-6-4-2/h23H,3-22H2,1-2H3,(H,26,27). The highest BCUT2D eigenvalue weighted by molar-refractivity contribution is 5.69. The van der Waals surface area contributed by atoms with Gasteiger partial charge in [-0.25, -0.2) is 0 Å². The van der Waals surface area contributed by atoms with Gasteiger partial charge in [0.25, 0.3) is 0 Å². The molecule has 172 valence electrons. The van der Waals surface area contributed by atoms with E-state index in [0.717, 1.165) is 64.2 Å². The number of ether oxygens (including phenoxy) is 1. The minimum absolute atomic E-state index is 0.0149. The number of unbranched alkanes of at least 4 members (excludes halogenated alkanes) is 13. The van der Waals surface area contributed by atoms with E-state index in [-0.39, 0.29) is 18.5 Å². The molecule has 0 saturated carbocycles. The van der Waals surface area contributed by atoms with Gasteiger partial charge in [-0.1, -0.05) is 90.9 Å². The average Bonchev–Trinajstić information content (AvgIpc) is 2.69. The molecule has 0 saturated heterocycles. The van der Waals surface area contributed by atoms with E-state index in [1.165, 1.54) is 51.4 Å². The number of carbonyl (C=O) groups is 2. The zero-order valence-electron chi connectivity index (χ0n) is 19.4. The summed E-state index contributed by atoms with van der Waals surface area (Å²) in [7, 11) is 0. The fraction of sp³-hybridized carbons (Fsp3) is 0.920. The molecular formula is C25H48O4. The van der Waals surface area contributed by atoms with Gasteiger partial charge >= 0.3 is 11.9 Å². The van der Waals surface area contributed by atoms with Crippen molar-refractivity contribution in [2.75, 3.05) is 0 Å². The van der Waals surface area contributed by atoms with Gasteiger partial charge in [-0.05, 0) is 38.5 Å². The lowest BCUT2D eigenvalue weighted by molar-refractivity contribution is -0.150. The number of hydrogen-bond donors (Lipinski definition) is 1. The number of carboxylic acid groups (broad SMARTS) is 1. The second kappa shape index (κ2) is 21.6. The van der Waals surface area contributed by atoms with Crippen molar-refractivity contribution in [2.24, 2.45) is 0 Å². The van der Waals surface area contributed by atoms with Crippen LogP contribution in [0.4, 0.5) is 0 Å². The summed E-state index contributed by atoms with van der Waals surface area (Å²) in [4.78, 5) is 22.8. The smallest absolute Gasteiger partial charge is 0.306 e. The second-order valence-electron chi connectivity index (χ2n) is 8.53. The van der Waals surface area contributed by atoms with Crippen LogP contribution in [-0.2, 0) is 14.3 Å². The van der Waals surface area contributed by atoms with Gasteiger partial charge in [0, 0.05) is 12.8 Å². The van der Waals surface area contributed by atoms with Crippen LogP contribution in [0.2, 0.25) is 0 Å². The third-order valence-electron chi connectivity index (χ3n) is 5.58. The fourth-order valence-corrected chi connectivity index (χ4v) is 3.71. The van der Waals surface area contributed by atoms with E-state index in [1.54, 1.807) is 0 Å². The van der Waals surface area contributed by atoms with Gasteiger partial charge in [0.15, 0.2) is 0 Å². The maximum Gasteiger partial charge on any atom is 0.306 e. The van der Waals surface area contributed by atoms with E-state index in [9.17, 15) is 9.59 Å². The zero-order chi connectivity index (χ0) is 21.6. The van der Waals surface area contributed by atoms with Crippen molar-refractivity contribution >= 4 is 11.9 Å². The van der Waals surface area contributed by atoms with Gasteiger partial charge < -0.3 is 9.84 Å². The van der Waals surface area contributed by atoms with Crippen LogP contribution in [0.3, 0.4) is 0 Å². The van der Waals surface area contributed by atoms with E-state index in [4.69, 9.17) is 9.84 Å². The van der Waals surface area contributed by atoms with Crippen molar-refractivity contribution in [2.45, 2.75) is 148 Å². The van der Waals surface area contributed by atoms with Gasteiger partial charge in [0.1, 0.15) is 6.10 Å². The Balaban J connectivity index is 4.03. The quantitative estimate of drug-likeness (QED) is 0.145. The van der Waals surface area contributed by atoms with Crippen LogP contribution < -0.4 is 0 Å². The van der Waals surface area contributed by atoms with Crippen molar-refractivity contribution in [3.63, 3.8) is 0 Å². The lowest BCUT2D eigenvalue weighted by Crippen LogP contribution is -2.18. The zero-order valence-corrected chi connectivity index (χ0v) is 19.4. The third-order valence-corrected chi connectivity index (χ3v) is 5.58. The van der Waals surface area contributed by atoms with E-state index >= 15 is 0 Å². The Labute approximate surface area is 180 Å². The topological polar surface area (TPSA) is 63.6 Å². The normalized spacial score (nSPS) is 12.1. The Morgan fingerprint density at radius 2 is 1.03 bits per heavy atom. The highest BCUT2D eigenvalue weighted by Crippen LogP contribution is 2.18. The molecule has 1 N–H and O–H groups in total. The first-order valence-electron chi connectivity index (χ1n) is 12.5. The Hall–Kier alpha value is -1.06. The van der Waals surface area contributed by atoms with Crippen molar-refractivity contribution in [3.8, 4) is 0 Å². The molecule has 1 unspecified atom stereocenters. The van der Waals surface area contributed by atoms with Crippen LogP contribution >= 0.6 is 0 Å². The molecule has 29 heavy (non-hydrogen) atoms. The molecule has 0 fully saturated rings. The molecule has 0 rings (SSSR count). The van der Waals surface area contributed by atoms with Crippen LogP contribution in [0.15, 0.2) is 0 Å².